The van der Waals surface area contributed by atoms with Crippen molar-refractivity contribution in [3.63, 3.8) is 0 Å². The van der Waals surface area contributed by atoms with E-state index in [9.17, 15) is 9.59 Å². The van der Waals surface area contributed by atoms with Crippen molar-refractivity contribution in [3.05, 3.63) is 53.6 Å². The second kappa shape index (κ2) is 10.3. The summed E-state index contributed by atoms with van der Waals surface area (Å²) < 4.78 is 2.11. The number of nitrogens with zero attached hydrogens (tertiary/aromatic N) is 2. The van der Waals surface area contributed by atoms with Gasteiger partial charge < -0.3 is 10.2 Å². The summed E-state index contributed by atoms with van der Waals surface area (Å²) in [5.41, 5.74) is 2.54. The Morgan fingerprint density at radius 1 is 1.10 bits per heavy atom. The van der Waals surface area contributed by atoms with Crippen molar-refractivity contribution < 1.29 is 9.59 Å². The third-order valence-electron chi connectivity index (χ3n) is 5.40. The molecule has 0 unspecified atom stereocenters. The van der Waals surface area contributed by atoms with Gasteiger partial charge in [-0.15, -0.1) is 11.3 Å². The molecule has 1 aliphatic rings. The average molecular weight is 454 g/mol. The molecule has 1 fully saturated rings. The molecule has 1 saturated heterocycles. The van der Waals surface area contributed by atoms with Crippen LogP contribution in [0.2, 0.25) is 0 Å². The number of aromatic nitrogens is 1. The standard InChI is InChI=1S/C24H27N3O2S2/c1-2-3-15-30-24-26-20-12-11-17(16-21(20)31-24)25-22(28)18-9-5-6-10-19(18)23(29)27-13-7-4-8-14-27/h5-6,9-12,16H,2-4,7-8,13-15H2,1H3,(H,25,28). The second-order valence-electron chi connectivity index (χ2n) is 7.72. The summed E-state index contributed by atoms with van der Waals surface area (Å²) in [5, 5.41) is 2.97. The number of carbonyl (C=O) groups is 2. The fourth-order valence-electron chi connectivity index (χ4n) is 3.68. The van der Waals surface area contributed by atoms with Crippen LogP contribution in [0.1, 0.15) is 59.7 Å². The Morgan fingerprint density at radius 2 is 1.87 bits per heavy atom. The van der Waals surface area contributed by atoms with Crippen LogP contribution in [-0.2, 0) is 0 Å². The normalized spacial score (nSPS) is 14.0. The zero-order valence-electron chi connectivity index (χ0n) is 17.7. The molecule has 0 atom stereocenters. The van der Waals surface area contributed by atoms with E-state index in [0.717, 1.165) is 52.7 Å². The van der Waals surface area contributed by atoms with Crippen LogP contribution in [0.5, 0.6) is 0 Å². The first-order valence-corrected chi connectivity index (χ1v) is 12.7. The predicted octanol–water partition coefficient (Wildman–Crippen LogP) is 6.07. The lowest BCUT2D eigenvalue weighted by molar-refractivity contribution is 0.0720. The summed E-state index contributed by atoms with van der Waals surface area (Å²) in [6.07, 6.45) is 5.55. The Hall–Kier alpha value is -2.38. The molecule has 1 N–H and O–H groups in total. The van der Waals surface area contributed by atoms with Gasteiger partial charge in [-0.1, -0.05) is 37.2 Å². The van der Waals surface area contributed by atoms with E-state index in [1.165, 1.54) is 12.8 Å². The number of hydrogen-bond acceptors (Lipinski definition) is 5. The summed E-state index contributed by atoms with van der Waals surface area (Å²) >= 11 is 3.44. The molecule has 2 amide bonds. The number of nitrogens with one attached hydrogen (secondary N) is 1. The number of thiazole rings is 1. The number of carbonyl (C=O) groups excluding carboxylic acids is 2. The molecule has 5 nitrogen and oxygen atoms in total. The lowest BCUT2D eigenvalue weighted by Gasteiger charge is -2.27. The summed E-state index contributed by atoms with van der Waals surface area (Å²) in [6.45, 7) is 3.71. The van der Waals surface area contributed by atoms with Gasteiger partial charge in [0.05, 0.1) is 21.3 Å². The zero-order chi connectivity index (χ0) is 21.6. The maximum absolute atomic E-state index is 13.0. The van der Waals surface area contributed by atoms with Gasteiger partial charge in [0.25, 0.3) is 11.8 Å². The topological polar surface area (TPSA) is 62.3 Å². The van der Waals surface area contributed by atoms with Gasteiger partial charge in [0.15, 0.2) is 4.34 Å². The quantitative estimate of drug-likeness (QED) is 0.348. The van der Waals surface area contributed by atoms with Crippen LogP contribution in [0.25, 0.3) is 10.2 Å². The minimum absolute atomic E-state index is 0.0582. The molecule has 2 heterocycles. The first-order valence-electron chi connectivity index (χ1n) is 10.9. The fourth-order valence-corrected chi connectivity index (χ4v) is 5.94. The first-order chi connectivity index (χ1) is 15.2. The van der Waals surface area contributed by atoms with E-state index in [0.29, 0.717) is 16.8 Å². The Bertz CT molecular complexity index is 1070. The molecule has 3 aromatic rings. The number of benzene rings is 2. The molecule has 0 spiro atoms. The number of amides is 2. The minimum Gasteiger partial charge on any atom is -0.339 e. The number of rotatable bonds is 7. The van der Waals surface area contributed by atoms with Crippen molar-refractivity contribution in [1.29, 1.82) is 0 Å². The van der Waals surface area contributed by atoms with Crippen molar-refractivity contribution in [2.75, 3.05) is 24.2 Å². The second-order valence-corrected chi connectivity index (χ2v) is 10.1. The van der Waals surface area contributed by atoms with E-state index in [1.54, 1.807) is 41.3 Å². The zero-order valence-corrected chi connectivity index (χ0v) is 19.4. The third-order valence-corrected chi connectivity index (χ3v) is 7.64. The van der Waals surface area contributed by atoms with Crippen molar-refractivity contribution in [3.8, 4) is 0 Å². The summed E-state index contributed by atoms with van der Waals surface area (Å²) in [5.74, 6) is 0.751. The lowest BCUT2D eigenvalue weighted by Crippen LogP contribution is -2.36. The van der Waals surface area contributed by atoms with Gasteiger partial charge in [-0.25, -0.2) is 4.98 Å². The number of hydrogen-bond donors (Lipinski definition) is 1. The summed E-state index contributed by atoms with van der Waals surface area (Å²) in [6, 6.07) is 12.9. The number of likely N-dealkylation sites (tertiary alicyclic amines) is 1. The molecule has 162 valence electrons. The Balaban J connectivity index is 1.50. The number of fused-ring (bicyclic) bond motifs is 1. The van der Waals surface area contributed by atoms with Crippen LogP contribution in [-0.4, -0.2) is 40.5 Å². The molecule has 4 rings (SSSR count). The van der Waals surface area contributed by atoms with E-state index >= 15 is 0 Å². The largest absolute Gasteiger partial charge is 0.339 e. The van der Waals surface area contributed by atoms with E-state index in [1.807, 2.05) is 29.2 Å². The number of unbranched alkanes of at least 4 members (excludes halogenated alkanes) is 1. The number of piperidine rings is 1. The minimum atomic E-state index is -0.262. The molecular weight excluding hydrogens is 426 g/mol. The Morgan fingerprint density at radius 3 is 2.65 bits per heavy atom. The van der Waals surface area contributed by atoms with Crippen LogP contribution in [0.4, 0.5) is 5.69 Å². The van der Waals surface area contributed by atoms with E-state index < -0.39 is 0 Å². The third kappa shape index (κ3) is 5.28. The molecule has 0 aliphatic carbocycles. The molecule has 1 aromatic heterocycles. The van der Waals surface area contributed by atoms with Crippen molar-refractivity contribution in [2.45, 2.75) is 43.4 Å². The molecule has 0 saturated carbocycles. The molecule has 7 heteroatoms. The predicted molar refractivity (Wildman–Crippen MR) is 129 cm³/mol. The van der Waals surface area contributed by atoms with Gasteiger partial charge in [0.1, 0.15) is 0 Å². The first kappa shape index (κ1) is 21.8. The van der Waals surface area contributed by atoms with Crippen LogP contribution in [0.3, 0.4) is 0 Å². The summed E-state index contributed by atoms with van der Waals surface area (Å²) in [4.78, 5) is 32.6. The lowest BCUT2D eigenvalue weighted by atomic mass is 10.0. The van der Waals surface area contributed by atoms with Crippen molar-refractivity contribution in [1.82, 2.24) is 9.88 Å². The summed E-state index contributed by atoms with van der Waals surface area (Å²) in [7, 11) is 0. The molecule has 1 aliphatic heterocycles. The molecular formula is C24H27N3O2S2. The fraction of sp³-hybridized carbons (Fsp3) is 0.375. The van der Waals surface area contributed by atoms with Gasteiger partial charge in [-0.3, -0.25) is 9.59 Å². The van der Waals surface area contributed by atoms with Crippen molar-refractivity contribution >= 4 is 50.8 Å². The van der Waals surface area contributed by atoms with E-state index in [2.05, 4.69) is 17.2 Å². The van der Waals surface area contributed by atoms with Gasteiger partial charge in [-0.2, -0.15) is 0 Å². The molecule has 2 aromatic carbocycles. The van der Waals surface area contributed by atoms with Gasteiger partial charge in [-0.05, 0) is 56.0 Å². The molecule has 31 heavy (non-hydrogen) atoms. The Kier molecular flexibility index (Phi) is 7.25. The molecule has 0 radical (unpaired) electrons. The monoisotopic (exact) mass is 453 g/mol. The highest BCUT2D eigenvalue weighted by Crippen LogP contribution is 2.32. The van der Waals surface area contributed by atoms with Crippen molar-refractivity contribution in [2.24, 2.45) is 0 Å². The Labute approximate surface area is 191 Å². The van der Waals surface area contributed by atoms with Crippen LogP contribution in [0.15, 0.2) is 46.8 Å². The highest BCUT2D eigenvalue weighted by atomic mass is 32.2. The van der Waals surface area contributed by atoms with Crippen LogP contribution < -0.4 is 5.32 Å². The van der Waals surface area contributed by atoms with E-state index in [-0.39, 0.29) is 11.8 Å². The average Bonchev–Trinajstić information content (AvgIpc) is 3.21. The maximum atomic E-state index is 13.0. The number of anilines is 1. The number of thioether (sulfide) groups is 1. The SMILES string of the molecule is CCCCSc1nc2ccc(NC(=O)c3ccccc3C(=O)N3CCCCC3)cc2s1. The van der Waals surface area contributed by atoms with E-state index in [4.69, 9.17) is 0 Å². The molecule has 0 bridgehead atoms. The highest BCUT2D eigenvalue weighted by Gasteiger charge is 2.23. The van der Waals surface area contributed by atoms with Gasteiger partial charge in [0, 0.05) is 24.5 Å². The smallest absolute Gasteiger partial charge is 0.256 e. The van der Waals surface area contributed by atoms with Gasteiger partial charge in [0.2, 0.25) is 0 Å². The highest BCUT2D eigenvalue weighted by molar-refractivity contribution is 8.01. The maximum Gasteiger partial charge on any atom is 0.256 e. The van der Waals surface area contributed by atoms with Crippen LogP contribution in [0, 0.1) is 0 Å². The van der Waals surface area contributed by atoms with Crippen LogP contribution >= 0.6 is 23.1 Å². The van der Waals surface area contributed by atoms with Gasteiger partial charge >= 0.3 is 0 Å².